The molecule has 0 aromatic rings. The van der Waals surface area contributed by atoms with Crippen molar-refractivity contribution in [1.29, 1.82) is 0 Å². The third-order valence-electron chi connectivity index (χ3n) is 3.88. The van der Waals surface area contributed by atoms with E-state index in [2.05, 4.69) is 0 Å². The predicted octanol–water partition coefficient (Wildman–Crippen LogP) is 7.45. The summed E-state index contributed by atoms with van der Waals surface area (Å²) in [4.78, 5) is 0. The zero-order valence-electron chi connectivity index (χ0n) is 14.2. The van der Waals surface area contributed by atoms with E-state index in [-0.39, 0.29) is 0 Å². The van der Waals surface area contributed by atoms with Crippen LogP contribution in [0, 0.1) is 0 Å². The molecule has 0 N–H and O–H groups in total. The fourth-order valence-corrected chi connectivity index (χ4v) is 1.86. The van der Waals surface area contributed by atoms with Crippen LogP contribution in [0.1, 0.15) is 0 Å². The number of hydrogen-bond acceptors (Lipinski definition) is 0. The molecule has 0 saturated carbocycles. The van der Waals surface area contributed by atoms with E-state index in [1.54, 1.807) is 0 Å². The summed E-state index contributed by atoms with van der Waals surface area (Å²) in [7, 11) is 0. The number of allylic oxidation sites excluding steroid dienone is 1. The maximum Gasteiger partial charge on any atom is 0.460 e. The highest BCUT2D eigenvalue weighted by atomic mass is 19.4. The number of alkyl halides is 21. The Morgan fingerprint density at radius 1 is 0.303 bits per heavy atom. The highest BCUT2D eigenvalue weighted by Gasteiger charge is 2.96. The van der Waals surface area contributed by atoms with Gasteiger partial charge < -0.3 is 0 Å². The molecular weight excluding hydrogens is 543 g/mol. The average Bonchev–Trinajstić information content (AvgIpc) is 2.57. The molecule has 1 atom stereocenters. The Labute approximate surface area is 166 Å². The van der Waals surface area contributed by atoms with Crippen molar-refractivity contribution in [2.45, 2.75) is 59.5 Å². The minimum atomic E-state index is -8.82. The highest BCUT2D eigenvalue weighted by Crippen LogP contribution is 2.66. The molecule has 0 amide bonds. The molecule has 33 heavy (non-hydrogen) atoms. The van der Waals surface area contributed by atoms with Gasteiger partial charge in [0.1, 0.15) is 0 Å². The summed E-state index contributed by atoms with van der Waals surface area (Å²) >= 11 is 0. The molecule has 0 spiro atoms. The molecule has 1 unspecified atom stereocenters. The number of hydrogen-bond donors (Lipinski definition) is 0. The van der Waals surface area contributed by atoms with Crippen molar-refractivity contribution in [3.05, 3.63) is 12.7 Å². The van der Waals surface area contributed by atoms with Crippen molar-refractivity contribution in [2.75, 3.05) is 0 Å². The van der Waals surface area contributed by atoms with Gasteiger partial charge in [-0.25, -0.2) is 4.39 Å². The van der Waals surface area contributed by atoms with Crippen molar-refractivity contribution in [3.63, 3.8) is 0 Å². The van der Waals surface area contributed by atoms with Gasteiger partial charge >= 0.3 is 53.8 Å². The third-order valence-corrected chi connectivity index (χ3v) is 3.88. The van der Waals surface area contributed by atoms with Crippen LogP contribution in [0.2, 0.25) is 0 Å². The van der Waals surface area contributed by atoms with Crippen LogP contribution in [0.4, 0.5) is 92.2 Å². The van der Waals surface area contributed by atoms with Gasteiger partial charge in [0.2, 0.25) is 0 Å². The SMILES string of the molecule is C=CC(F)(C(F)(F)C(F)(F)C(F)(F)C(F)(F)F)C(F)(F)C(F)(F)C(F)(F)C(F)(F)C(F)(F)F. The first-order valence-electron chi connectivity index (χ1n) is 6.92. The van der Waals surface area contributed by atoms with Crippen molar-refractivity contribution in [2.24, 2.45) is 0 Å². The van der Waals surface area contributed by atoms with Gasteiger partial charge in [-0.2, -0.15) is 87.8 Å². The van der Waals surface area contributed by atoms with E-state index >= 15 is 0 Å². The monoisotopic (exact) mass is 546 g/mol. The van der Waals surface area contributed by atoms with Crippen LogP contribution in [0.3, 0.4) is 0 Å². The normalized spacial score (nSPS) is 18.2. The average molecular weight is 546 g/mol. The second kappa shape index (κ2) is 7.38. The van der Waals surface area contributed by atoms with E-state index in [9.17, 15) is 92.2 Å². The molecule has 0 fully saturated rings. The summed E-state index contributed by atoms with van der Waals surface area (Å²) in [6.45, 7) is 1.35. The van der Waals surface area contributed by atoms with Crippen LogP contribution in [-0.4, -0.2) is 59.5 Å². The Balaban J connectivity index is 7.24. The van der Waals surface area contributed by atoms with Gasteiger partial charge in [0.15, 0.2) is 0 Å². The minimum Gasteiger partial charge on any atom is -0.225 e. The summed E-state index contributed by atoms with van der Waals surface area (Å²) in [5, 5.41) is 0. The molecule has 0 nitrogen and oxygen atoms in total. The van der Waals surface area contributed by atoms with Crippen molar-refractivity contribution < 1.29 is 92.2 Å². The molecule has 0 bridgehead atoms. The molecule has 0 saturated heterocycles. The first-order valence-corrected chi connectivity index (χ1v) is 6.92. The topological polar surface area (TPSA) is 0 Å². The van der Waals surface area contributed by atoms with Crippen LogP contribution in [-0.2, 0) is 0 Å². The first kappa shape index (κ1) is 31.3. The van der Waals surface area contributed by atoms with Gasteiger partial charge in [-0.3, -0.25) is 0 Å². The van der Waals surface area contributed by atoms with Crippen LogP contribution in [0.25, 0.3) is 0 Å². The summed E-state index contributed by atoms with van der Waals surface area (Å²) in [5.74, 6) is -60.0. The van der Waals surface area contributed by atoms with Gasteiger partial charge in [0, 0.05) is 0 Å². The van der Waals surface area contributed by atoms with E-state index in [0.717, 1.165) is 0 Å². The van der Waals surface area contributed by atoms with Gasteiger partial charge in [0.05, 0.1) is 0 Å². The summed E-state index contributed by atoms with van der Waals surface area (Å²) in [6.07, 6.45) is -18.2. The maximum absolute atomic E-state index is 14.1. The van der Waals surface area contributed by atoms with Gasteiger partial charge in [-0.05, 0) is 6.08 Å². The third kappa shape index (κ3) is 3.57. The molecule has 0 rings (SSSR count). The summed E-state index contributed by atoms with van der Waals surface area (Å²) < 4.78 is 270. The van der Waals surface area contributed by atoms with E-state index in [1.165, 1.54) is 6.58 Å². The molecule has 0 radical (unpaired) electrons. The highest BCUT2D eigenvalue weighted by molar-refractivity contribution is 5.26. The predicted molar refractivity (Wildman–Crippen MR) is 60.8 cm³/mol. The molecule has 0 aromatic carbocycles. The Hall–Kier alpha value is -1.73. The smallest absolute Gasteiger partial charge is 0.225 e. The van der Waals surface area contributed by atoms with Crippen LogP contribution >= 0.6 is 0 Å². The van der Waals surface area contributed by atoms with Gasteiger partial charge in [-0.15, -0.1) is 0 Å². The molecule has 0 heterocycles. The first-order chi connectivity index (χ1) is 13.8. The molecule has 21 heteroatoms. The number of halogens is 21. The quantitative estimate of drug-likeness (QED) is 0.219. The Morgan fingerprint density at radius 2 is 0.485 bits per heavy atom. The van der Waals surface area contributed by atoms with E-state index < -0.39 is 65.6 Å². The minimum absolute atomic E-state index is 1.35. The standard InChI is InChI=1S/C12H3F21/c1-2-3(13,5(16,17)7(20,21)9(24,25)11(28,29)30)4(14,15)6(18,19)8(22,23)10(26,27)12(31,32)33/h2H,1H2. The van der Waals surface area contributed by atoms with Crippen LogP contribution in [0.15, 0.2) is 12.7 Å². The molecule has 0 aliphatic carbocycles. The lowest BCUT2D eigenvalue weighted by Crippen LogP contribution is -2.77. The maximum atomic E-state index is 14.1. The van der Waals surface area contributed by atoms with Gasteiger partial charge in [-0.1, -0.05) is 6.58 Å². The zero-order chi connectivity index (χ0) is 27.7. The fourth-order valence-electron chi connectivity index (χ4n) is 1.86. The second-order valence-electron chi connectivity index (χ2n) is 5.93. The van der Waals surface area contributed by atoms with E-state index in [4.69, 9.17) is 0 Å². The van der Waals surface area contributed by atoms with Crippen molar-refractivity contribution >= 4 is 0 Å². The fraction of sp³-hybridized carbons (Fsp3) is 0.833. The molecule has 0 aliphatic rings. The Bertz CT molecular complexity index is 735. The summed E-state index contributed by atoms with van der Waals surface area (Å²) in [6, 6.07) is 0. The lowest BCUT2D eigenvalue weighted by atomic mass is 9.79. The lowest BCUT2D eigenvalue weighted by Gasteiger charge is -2.46. The van der Waals surface area contributed by atoms with E-state index in [0.29, 0.717) is 0 Å². The lowest BCUT2D eigenvalue weighted by molar-refractivity contribution is -0.455. The largest absolute Gasteiger partial charge is 0.460 e. The van der Waals surface area contributed by atoms with Gasteiger partial charge in [0.25, 0.3) is 5.67 Å². The van der Waals surface area contributed by atoms with Crippen molar-refractivity contribution in [1.82, 2.24) is 0 Å². The van der Waals surface area contributed by atoms with Crippen molar-refractivity contribution in [3.8, 4) is 0 Å². The molecular formula is C12H3F21. The molecule has 0 aliphatic heterocycles. The summed E-state index contributed by atoms with van der Waals surface area (Å²) in [5.41, 5.74) is -7.94. The second-order valence-corrected chi connectivity index (χ2v) is 5.93. The molecule has 198 valence electrons. The van der Waals surface area contributed by atoms with E-state index in [1.807, 2.05) is 0 Å². The molecule has 0 aromatic heterocycles. The Kier molecular flexibility index (Phi) is 7.00. The van der Waals surface area contributed by atoms with Crippen LogP contribution in [0.5, 0.6) is 0 Å². The number of rotatable bonds is 8. The Morgan fingerprint density at radius 3 is 0.667 bits per heavy atom. The van der Waals surface area contributed by atoms with Crippen LogP contribution < -0.4 is 0 Å². The zero-order valence-corrected chi connectivity index (χ0v) is 14.2.